The number of carbonyl (C=O) groups excluding carboxylic acids is 1. The number of methoxy groups -OCH3 is 1. The predicted octanol–water partition coefficient (Wildman–Crippen LogP) is 2.11. The van der Waals surface area contributed by atoms with E-state index in [1.165, 1.54) is 5.56 Å². The molecular weight excluding hydrogens is 214 g/mol. The lowest BCUT2D eigenvalue weighted by Gasteiger charge is -2.17. The number of fused-ring (bicyclic) bond motifs is 1. The fourth-order valence-electron chi connectivity index (χ4n) is 2.83. The molecule has 1 aromatic rings. The van der Waals surface area contributed by atoms with Crippen LogP contribution >= 0.6 is 0 Å². The van der Waals surface area contributed by atoms with Crippen LogP contribution in [0.15, 0.2) is 18.3 Å². The first-order valence-corrected chi connectivity index (χ1v) is 6.31. The Morgan fingerprint density at radius 2 is 2.29 bits per heavy atom. The summed E-state index contributed by atoms with van der Waals surface area (Å²) in [6, 6.07) is 4.02. The summed E-state index contributed by atoms with van der Waals surface area (Å²) in [5.74, 6) is 0.671. The van der Waals surface area contributed by atoms with Gasteiger partial charge in [-0.1, -0.05) is 6.07 Å². The molecule has 1 aromatic heterocycles. The summed E-state index contributed by atoms with van der Waals surface area (Å²) >= 11 is 0. The van der Waals surface area contributed by atoms with Crippen molar-refractivity contribution in [2.45, 2.75) is 37.7 Å². The number of carbonyl (C=O) groups is 1. The number of pyridine rings is 1. The molecule has 0 bridgehead atoms. The van der Waals surface area contributed by atoms with Gasteiger partial charge in [0.15, 0.2) is 5.78 Å². The highest BCUT2D eigenvalue weighted by atomic mass is 16.5. The number of hydrogen-bond acceptors (Lipinski definition) is 3. The van der Waals surface area contributed by atoms with Crippen LogP contribution in [0.25, 0.3) is 0 Å². The Labute approximate surface area is 101 Å². The maximum Gasteiger partial charge on any atom is 0.170 e. The Morgan fingerprint density at radius 3 is 3.00 bits per heavy atom. The van der Waals surface area contributed by atoms with Gasteiger partial charge in [0.2, 0.25) is 0 Å². The number of ketones is 1. The first-order chi connectivity index (χ1) is 8.31. The molecule has 0 saturated heterocycles. The van der Waals surface area contributed by atoms with Crippen molar-refractivity contribution in [3.8, 4) is 0 Å². The van der Waals surface area contributed by atoms with Crippen LogP contribution < -0.4 is 0 Å². The molecule has 1 fully saturated rings. The van der Waals surface area contributed by atoms with Crippen molar-refractivity contribution in [3.63, 3.8) is 0 Å². The van der Waals surface area contributed by atoms with Gasteiger partial charge in [0.05, 0.1) is 11.6 Å². The maximum atomic E-state index is 12.5. The van der Waals surface area contributed by atoms with Gasteiger partial charge in [-0.15, -0.1) is 0 Å². The zero-order valence-electron chi connectivity index (χ0n) is 10.1. The predicted molar refractivity (Wildman–Crippen MR) is 63.8 cm³/mol. The van der Waals surface area contributed by atoms with Gasteiger partial charge >= 0.3 is 0 Å². The zero-order valence-corrected chi connectivity index (χ0v) is 10.1. The van der Waals surface area contributed by atoms with Gasteiger partial charge in [-0.2, -0.15) is 0 Å². The lowest BCUT2D eigenvalue weighted by molar-refractivity contribution is -0.131. The van der Waals surface area contributed by atoms with E-state index in [0.29, 0.717) is 5.92 Å². The molecule has 0 aliphatic heterocycles. The third kappa shape index (κ3) is 1.89. The molecule has 2 aliphatic carbocycles. The molecule has 0 amide bonds. The fraction of sp³-hybridized carbons (Fsp3) is 0.571. The van der Waals surface area contributed by atoms with Crippen LogP contribution in [0.2, 0.25) is 0 Å². The maximum absolute atomic E-state index is 12.5. The standard InChI is InChI=1S/C14H17NO2/c1-17-14(10-4-5-10)13(16)11-7-6-9-3-2-8-15-12(9)11/h2-3,8,10-11,14H,4-7H2,1H3. The molecule has 0 spiro atoms. The number of aromatic nitrogens is 1. The second-order valence-corrected chi connectivity index (χ2v) is 5.04. The van der Waals surface area contributed by atoms with Crippen LogP contribution in [-0.2, 0) is 16.0 Å². The lowest BCUT2D eigenvalue weighted by atomic mass is 9.94. The molecule has 3 nitrogen and oxygen atoms in total. The van der Waals surface area contributed by atoms with Crippen LogP contribution in [-0.4, -0.2) is 24.0 Å². The van der Waals surface area contributed by atoms with E-state index >= 15 is 0 Å². The molecule has 1 heterocycles. The molecular formula is C14H17NO2. The van der Waals surface area contributed by atoms with Crippen LogP contribution in [0.3, 0.4) is 0 Å². The summed E-state index contributed by atoms with van der Waals surface area (Å²) in [4.78, 5) is 16.8. The third-order valence-corrected chi connectivity index (χ3v) is 3.89. The summed E-state index contributed by atoms with van der Waals surface area (Å²) in [5.41, 5.74) is 2.22. The van der Waals surface area contributed by atoms with Crippen molar-refractivity contribution >= 4 is 5.78 Å². The van der Waals surface area contributed by atoms with Crippen molar-refractivity contribution in [2.24, 2.45) is 5.92 Å². The van der Waals surface area contributed by atoms with Gasteiger partial charge in [-0.25, -0.2) is 0 Å². The van der Waals surface area contributed by atoms with Gasteiger partial charge in [0.1, 0.15) is 6.10 Å². The molecule has 2 unspecified atom stereocenters. The van der Waals surface area contributed by atoms with E-state index in [9.17, 15) is 4.79 Å². The van der Waals surface area contributed by atoms with Crippen molar-refractivity contribution in [2.75, 3.05) is 7.11 Å². The Hall–Kier alpha value is -1.22. The quantitative estimate of drug-likeness (QED) is 0.796. The van der Waals surface area contributed by atoms with Crippen LogP contribution in [0, 0.1) is 5.92 Å². The van der Waals surface area contributed by atoms with Crippen molar-refractivity contribution in [1.82, 2.24) is 4.98 Å². The number of aryl methyl sites for hydroxylation is 1. The van der Waals surface area contributed by atoms with E-state index < -0.39 is 0 Å². The van der Waals surface area contributed by atoms with Gasteiger partial charge in [0.25, 0.3) is 0 Å². The largest absolute Gasteiger partial charge is 0.373 e. The van der Waals surface area contributed by atoms with E-state index in [1.54, 1.807) is 13.3 Å². The Bertz CT molecular complexity index is 440. The van der Waals surface area contributed by atoms with Gasteiger partial charge in [-0.3, -0.25) is 9.78 Å². The summed E-state index contributed by atoms with van der Waals surface area (Å²) in [7, 11) is 1.65. The minimum atomic E-state index is -0.201. The average Bonchev–Trinajstić information content (AvgIpc) is 3.09. The highest BCUT2D eigenvalue weighted by Gasteiger charge is 2.41. The first-order valence-electron chi connectivity index (χ1n) is 6.31. The summed E-state index contributed by atoms with van der Waals surface area (Å²) in [6.45, 7) is 0. The van der Waals surface area contributed by atoms with Gasteiger partial charge in [0, 0.05) is 13.3 Å². The van der Waals surface area contributed by atoms with Crippen LogP contribution in [0.5, 0.6) is 0 Å². The van der Waals surface area contributed by atoms with E-state index in [0.717, 1.165) is 31.4 Å². The van der Waals surface area contributed by atoms with Crippen molar-refractivity contribution in [1.29, 1.82) is 0 Å². The SMILES string of the molecule is COC(C(=O)C1CCc2cccnc21)C1CC1. The zero-order chi connectivity index (χ0) is 11.8. The fourth-order valence-corrected chi connectivity index (χ4v) is 2.83. The molecule has 2 aliphatic rings. The Balaban J connectivity index is 1.83. The van der Waals surface area contributed by atoms with Crippen molar-refractivity contribution < 1.29 is 9.53 Å². The lowest BCUT2D eigenvalue weighted by Crippen LogP contribution is -2.30. The molecule has 0 aromatic carbocycles. The van der Waals surface area contributed by atoms with Gasteiger partial charge < -0.3 is 4.74 Å². The molecule has 3 rings (SSSR count). The Kier molecular flexibility index (Phi) is 2.71. The van der Waals surface area contributed by atoms with E-state index in [-0.39, 0.29) is 17.8 Å². The topological polar surface area (TPSA) is 39.2 Å². The van der Waals surface area contributed by atoms with E-state index in [4.69, 9.17) is 4.74 Å². The summed E-state index contributed by atoms with van der Waals surface area (Å²) < 4.78 is 5.39. The van der Waals surface area contributed by atoms with E-state index in [2.05, 4.69) is 11.1 Å². The monoisotopic (exact) mass is 231 g/mol. The molecule has 0 N–H and O–H groups in total. The molecule has 17 heavy (non-hydrogen) atoms. The molecule has 1 saturated carbocycles. The molecule has 0 radical (unpaired) electrons. The minimum absolute atomic E-state index is 0.0308. The van der Waals surface area contributed by atoms with Crippen LogP contribution in [0.4, 0.5) is 0 Å². The highest BCUT2D eigenvalue weighted by molar-refractivity contribution is 5.90. The minimum Gasteiger partial charge on any atom is -0.373 e. The molecule has 3 heteroatoms. The number of hydrogen-bond donors (Lipinski definition) is 0. The number of rotatable bonds is 4. The second-order valence-electron chi connectivity index (χ2n) is 5.04. The summed E-state index contributed by atoms with van der Waals surface area (Å²) in [6.07, 6.45) is 5.72. The highest BCUT2D eigenvalue weighted by Crippen LogP contribution is 2.40. The summed E-state index contributed by atoms with van der Waals surface area (Å²) in [5, 5.41) is 0. The first kappa shape index (κ1) is 10.9. The smallest absolute Gasteiger partial charge is 0.170 e. The van der Waals surface area contributed by atoms with Gasteiger partial charge in [-0.05, 0) is 43.2 Å². The molecule has 90 valence electrons. The number of nitrogens with zero attached hydrogens (tertiary/aromatic N) is 1. The number of Topliss-reactive ketones (excluding diaryl/α,β-unsaturated/α-hetero) is 1. The molecule has 2 atom stereocenters. The van der Waals surface area contributed by atoms with Crippen molar-refractivity contribution in [3.05, 3.63) is 29.6 Å². The number of ether oxygens (including phenoxy) is 1. The van der Waals surface area contributed by atoms with E-state index in [1.807, 2.05) is 6.07 Å². The van der Waals surface area contributed by atoms with Crippen LogP contribution in [0.1, 0.15) is 36.4 Å². The third-order valence-electron chi connectivity index (χ3n) is 3.89. The average molecular weight is 231 g/mol. The normalized spacial score (nSPS) is 24.4. The Morgan fingerprint density at radius 1 is 1.47 bits per heavy atom. The second kappa shape index (κ2) is 4.22.